The van der Waals surface area contributed by atoms with Crippen LogP contribution in [0.1, 0.15) is 10.4 Å². The molecule has 1 amide bonds. The number of hydrogen-bond acceptors (Lipinski definition) is 6. The largest absolute Gasteiger partial charge is 0.497 e. The maximum atomic E-state index is 12.2. The molecule has 6 nitrogen and oxygen atoms in total. The summed E-state index contributed by atoms with van der Waals surface area (Å²) in [4.78, 5) is 20.3. The van der Waals surface area contributed by atoms with E-state index in [1.54, 1.807) is 13.2 Å². The minimum Gasteiger partial charge on any atom is -0.497 e. The normalized spacial score (nSPS) is 10.3. The van der Waals surface area contributed by atoms with Crippen molar-refractivity contribution in [3.63, 3.8) is 0 Å². The maximum Gasteiger partial charge on any atom is 0.259 e. The summed E-state index contributed by atoms with van der Waals surface area (Å²) in [5, 5.41) is 3.35. The van der Waals surface area contributed by atoms with Crippen LogP contribution < -0.4 is 10.1 Å². The average Bonchev–Trinajstić information content (AvgIpc) is 3.03. The van der Waals surface area contributed by atoms with Crippen LogP contribution in [0.2, 0.25) is 5.02 Å². The molecule has 0 atom stereocenters. The van der Waals surface area contributed by atoms with Crippen LogP contribution in [-0.2, 0) is 0 Å². The Hall–Kier alpha value is -2.51. The Balaban J connectivity index is 1.79. The van der Waals surface area contributed by atoms with E-state index < -0.39 is 0 Å². The van der Waals surface area contributed by atoms with E-state index in [-0.39, 0.29) is 10.9 Å². The number of aromatic nitrogens is 3. The zero-order chi connectivity index (χ0) is 16.2. The fourth-order valence-corrected chi connectivity index (χ4v) is 2.67. The quantitative estimate of drug-likeness (QED) is 0.782. The van der Waals surface area contributed by atoms with Gasteiger partial charge in [-0.15, -0.1) is 0 Å². The number of methoxy groups -OCH3 is 1. The Bertz CT molecular complexity index is 853. The van der Waals surface area contributed by atoms with Crippen molar-refractivity contribution in [3.8, 4) is 17.1 Å². The van der Waals surface area contributed by atoms with Gasteiger partial charge < -0.3 is 4.74 Å². The van der Waals surface area contributed by atoms with Gasteiger partial charge in [0.25, 0.3) is 5.91 Å². The van der Waals surface area contributed by atoms with Gasteiger partial charge in [-0.25, -0.2) is 0 Å². The zero-order valence-corrected chi connectivity index (χ0v) is 13.6. The number of halogens is 1. The zero-order valence-electron chi connectivity index (χ0n) is 12.0. The van der Waals surface area contributed by atoms with Crippen LogP contribution in [-0.4, -0.2) is 27.4 Å². The van der Waals surface area contributed by atoms with Gasteiger partial charge in [0.15, 0.2) is 5.82 Å². The molecule has 1 N–H and O–H groups in total. The van der Waals surface area contributed by atoms with Gasteiger partial charge in [-0.2, -0.15) is 9.36 Å². The first-order valence-corrected chi connectivity index (χ1v) is 7.71. The lowest BCUT2D eigenvalue weighted by molar-refractivity contribution is 0.102. The average molecular weight is 347 g/mol. The van der Waals surface area contributed by atoms with Gasteiger partial charge in [0.1, 0.15) is 5.75 Å². The molecule has 2 aromatic heterocycles. The second kappa shape index (κ2) is 6.72. The molecule has 0 aliphatic rings. The Morgan fingerprint density at radius 3 is 3.00 bits per heavy atom. The predicted molar refractivity (Wildman–Crippen MR) is 89.1 cm³/mol. The number of carbonyl (C=O) groups excluding carboxylic acids is 1. The van der Waals surface area contributed by atoms with Gasteiger partial charge in [0.05, 0.1) is 17.7 Å². The fourth-order valence-electron chi connectivity index (χ4n) is 1.88. The second-order valence-corrected chi connectivity index (χ2v) is 5.62. The van der Waals surface area contributed by atoms with Gasteiger partial charge in [-0.1, -0.05) is 23.7 Å². The standard InChI is InChI=1S/C15H11ClN4O2S/c1-22-10-4-2-3-9(7-10)13-18-15(23-20-13)19-14(21)11-5-6-17-8-12(11)16/h2-8H,1H3,(H,18,19,20,21). The number of rotatable bonds is 4. The predicted octanol–water partition coefficient (Wildman–Crippen LogP) is 3.51. The molecule has 3 rings (SSSR count). The van der Waals surface area contributed by atoms with Crippen molar-refractivity contribution in [2.75, 3.05) is 12.4 Å². The van der Waals surface area contributed by atoms with Crippen molar-refractivity contribution in [1.29, 1.82) is 0 Å². The molecule has 0 unspecified atom stereocenters. The smallest absolute Gasteiger partial charge is 0.259 e. The minimum atomic E-state index is -0.356. The second-order valence-electron chi connectivity index (χ2n) is 4.46. The molecule has 2 heterocycles. The van der Waals surface area contributed by atoms with E-state index in [0.717, 1.165) is 17.1 Å². The molecule has 116 valence electrons. The van der Waals surface area contributed by atoms with Gasteiger partial charge >= 0.3 is 0 Å². The van der Waals surface area contributed by atoms with Gasteiger partial charge in [0.2, 0.25) is 5.13 Å². The number of ether oxygens (including phenoxy) is 1. The van der Waals surface area contributed by atoms with Crippen LogP contribution in [0.3, 0.4) is 0 Å². The van der Waals surface area contributed by atoms with Crippen LogP contribution in [0.25, 0.3) is 11.4 Å². The molecule has 0 saturated carbocycles. The highest BCUT2D eigenvalue weighted by molar-refractivity contribution is 7.10. The number of pyridine rings is 1. The summed E-state index contributed by atoms with van der Waals surface area (Å²) in [7, 11) is 1.59. The molecule has 8 heteroatoms. The minimum absolute atomic E-state index is 0.280. The number of carbonyl (C=O) groups is 1. The Morgan fingerprint density at radius 1 is 1.35 bits per heavy atom. The lowest BCUT2D eigenvalue weighted by Gasteiger charge is -2.02. The number of nitrogens with zero attached hydrogens (tertiary/aromatic N) is 3. The van der Waals surface area contributed by atoms with Crippen LogP contribution in [0.4, 0.5) is 5.13 Å². The Kier molecular flexibility index (Phi) is 4.50. The molecule has 0 aliphatic carbocycles. The van der Waals surface area contributed by atoms with E-state index in [0.29, 0.717) is 22.3 Å². The van der Waals surface area contributed by atoms with Crippen molar-refractivity contribution < 1.29 is 9.53 Å². The lowest BCUT2D eigenvalue weighted by Crippen LogP contribution is -2.12. The van der Waals surface area contributed by atoms with Gasteiger partial charge in [-0.05, 0) is 18.2 Å². The summed E-state index contributed by atoms with van der Waals surface area (Å²) in [6, 6.07) is 8.93. The van der Waals surface area contributed by atoms with E-state index in [9.17, 15) is 4.79 Å². The van der Waals surface area contributed by atoms with Crippen LogP contribution in [0.5, 0.6) is 5.75 Å². The number of benzene rings is 1. The molecule has 0 bridgehead atoms. The van der Waals surface area contributed by atoms with Gasteiger partial charge in [-0.3, -0.25) is 15.1 Å². The number of nitrogens with one attached hydrogen (secondary N) is 1. The molecule has 0 aliphatic heterocycles. The van der Waals surface area contributed by atoms with Crippen LogP contribution in [0.15, 0.2) is 42.7 Å². The van der Waals surface area contributed by atoms with Crippen molar-refractivity contribution >= 4 is 34.2 Å². The third-order valence-electron chi connectivity index (χ3n) is 2.99. The number of anilines is 1. The molecular weight excluding hydrogens is 336 g/mol. The van der Waals surface area contributed by atoms with E-state index in [1.807, 2.05) is 24.3 Å². The first-order valence-electron chi connectivity index (χ1n) is 6.56. The lowest BCUT2D eigenvalue weighted by atomic mass is 10.2. The first-order chi connectivity index (χ1) is 11.2. The summed E-state index contributed by atoms with van der Waals surface area (Å²) >= 11 is 7.04. The first kappa shape index (κ1) is 15.4. The topological polar surface area (TPSA) is 77.0 Å². The molecular formula is C15H11ClN4O2S. The third kappa shape index (κ3) is 3.46. The number of hydrogen-bond donors (Lipinski definition) is 1. The van der Waals surface area contributed by atoms with Crippen molar-refractivity contribution in [2.45, 2.75) is 0 Å². The molecule has 23 heavy (non-hydrogen) atoms. The van der Waals surface area contributed by atoms with Crippen molar-refractivity contribution in [2.24, 2.45) is 0 Å². The molecule has 1 aromatic carbocycles. The summed E-state index contributed by atoms with van der Waals surface area (Å²) in [5.41, 5.74) is 1.14. The van der Waals surface area contributed by atoms with Gasteiger partial charge in [0, 0.05) is 29.5 Å². The monoisotopic (exact) mass is 346 g/mol. The molecule has 3 aromatic rings. The Labute approximate surface area is 141 Å². The van der Waals surface area contributed by atoms with Crippen molar-refractivity contribution in [3.05, 3.63) is 53.3 Å². The molecule has 0 radical (unpaired) electrons. The third-order valence-corrected chi connectivity index (χ3v) is 3.92. The molecule has 0 fully saturated rings. The highest BCUT2D eigenvalue weighted by Crippen LogP contribution is 2.25. The van der Waals surface area contributed by atoms with Crippen molar-refractivity contribution in [1.82, 2.24) is 14.3 Å². The van der Waals surface area contributed by atoms with Crippen LogP contribution in [0, 0.1) is 0 Å². The summed E-state index contributed by atoms with van der Waals surface area (Å²) in [6.45, 7) is 0. The van der Waals surface area contributed by atoms with E-state index in [4.69, 9.17) is 16.3 Å². The Morgan fingerprint density at radius 2 is 2.22 bits per heavy atom. The van der Waals surface area contributed by atoms with E-state index in [2.05, 4.69) is 19.7 Å². The molecule has 0 saturated heterocycles. The molecule has 0 spiro atoms. The van der Waals surface area contributed by atoms with E-state index >= 15 is 0 Å². The SMILES string of the molecule is COc1cccc(-c2nsc(NC(=O)c3ccncc3Cl)n2)c1. The summed E-state index contributed by atoms with van der Waals surface area (Å²) < 4.78 is 9.42. The van der Waals surface area contributed by atoms with E-state index in [1.165, 1.54) is 12.4 Å². The van der Waals surface area contributed by atoms with Crippen LogP contribution >= 0.6 is 23.1 Å². The summed E-state index contributed by atoms with van der Waals surface area (Å²) in [6.07, 6.45) is 2.92. The highest BCUT2D eigenvalue weighted by atomic mass is 35.5. The fraction of sp³-hybridized carbons (Fsp3) is 0.0667. The number of amides is 1. The highest BCUT2D eigenvalue weighted by Gasteiger charge is 2.14. The maximum absolute atomic E-state index is 12.2. The summed E-state index contributed by atoms with van der Waals surface area (Å²) in [5.74, 6) is 0.877.